The van der Waals surface area contributed by atoms with Crippen molar-refractivity contribution in [2.24, 2.45) is 0 Å². The molecule has 0 saturated heterocycles. The minimum atomic E-state index is -0.472. The third kappa shape index (κ3) is 3.14. The molecule has 1 N–H and O–H groups in total. The second-order valence-electron chi connectivity index (χ2n) is 5.04. The van der Waals surface area contributed by atoms with Crippen LogP contribution in [0.4, 0.5) is 28.7 Å². The highest BCUT2D eigenvalue weighted by atomic mass is 16.6. The molecule has 0 atom stereocenters. The fourth-order valence-electron chi connectivity index (χ4n) is 2.31. The van der Waals surface area contributed by atoms with Gasteiger partial charge in [0.15, 0.2) is 0 Å². The summed E-state index contributed by atoms with van der Waals surface area (Å²) in [5, 5.41) is 14.6. The second kappa shape index (κ2) is 6.74. The second-order valence-corrected chi connectivity index (χ2v) is 5.04. The largest absolute Gasteiger partial charge is 0.354 e. The van der Waals surface area contributed by atoms with E-state index in [4.69, 9.17) is 0 Å². The first-order chi connectivity index (χ1) is 11.7. The topological polar surface area (TPSA) is 84.2 Å². The summed E-state index contributed by atoms with van der Waals surface area (Å²) in [5.41, 5.74) is 1.34. The zero-order chi connectivity index (χ0) is 16.9. The van der Waals surface area contributed by atoms with Gasteiger partial charge < -0.3 is 10.2 Å². The molecule has 0 amide bonds. The zero-order valence-electron chi connectivity index (χ0n) is 13.0. The quantitative estimate of drug-likeness (QED) is 0.567. The molecule has 0 aliphatic rings. The van der Waals surface area contributed by atoms with Crippen LogP contribution >= 0.6 is 0 Å². The van der Waals surface area contributed by atoms with E-state index in [0.29, 0.717) is 5.69 Å². The van der Waals surface area contributed by atoms with Crippen LogP contribution in [-0.4, -0.2) is 21.9 Å². The van der Waals surface area contributed by atoms with Gasteiger partial charge in [0.2, 0.25) is 11.6 Å². The number of hydrogen-bond donors (Lipinski definition) is 1. The van der Waals surface area contributed by atoms with E-state index in [-0.39, 0.29) is 17.3 Å². The highest BCUT2D eigenvalue weighted by molar-refractivity contribution is 5.77. The summed E-state index contributed by atoms with van der Waals surface area (Å²) in [4.78, 5) is 21.0. The predicted molar refractivity (Wildman–Crippen MR) is 92.9 cm³/mol. The number of rotatable bonds is 5. The van der Waals surface area contributed by atoms with Crippen molar-refractivity contribution in [1.29, 1.82) is 0 Å². The first-order valence-corrected chi connectivity index (χ1v) is 7.27. The molecular formula is C17H15N5O2. The molecule has 24 heavy (non-hydrogen) atoms. The Labute approximate surface area is 138 Å². The van der Waals surface area contributed by atoms with Gasteiger partial charge in [0.1, 0.15) is 6.33 Å². The fourth-order valence-corrected chi connectivity index (χ4v) is 2.31. The zero-order valence-corrected chi connectivity index (χ0v) is 13.0. The Morgan fingerprint density at radius 1 is 1.00 bits per heavy atom. The van der Waals surface area contributed by atoms with Gasteiger partial charge in [-0.15, -0.1) is 0 Å². The van der Waals surface area contributed by atoms with E-state index in [1.54, 1.807) is 11.9 Å². The molecular weight excluding hydrogens is 306 g/mol. The first-order valence-electron chi connectivity index (χ1n) is 7.27. The average molecular weight is 321 g/mol. The van der Waals surface area contributed by atoms with Gasteiger partial charge in [0, 0.05) is 18.4 Å². The summed E-state index contributed by atoms with van der Waals surface area (Å²) < 4.78 is 0. The van der Waals surface area contributed by atoms with E-state index in [1.807, 2.05) is 60.7 Å². The Hall–Kier alpha value is -3.48. The van der Waals surface area contributed by atoms with Crippen LogP contribution in [0.3, 0.4) is 0 Å². The van der Waals surface area contributed by atoms with Crippen molar-refractivity contribution >= 4 is 28.7 Å². The van der Waals surface area contributed by atoms with Crippen molar-refractivity contribution in [3.8, 4) is 0 Å². The molecule has 3 rings (SSSR count). The van der Waals surface area contributed by atoms with E-state index < -0.39 is 4.92 Å². The molecule has 0 aliphatic carbocycles. The number of benzene rings is 2. The smallest absolute Gasteiger partial charge is 0.334 e. The molecule has 2 aromatic carbocycles. The van der Waals surface area contributed by atoms with E-state index in [0.717, 1.165) is 5.69 Å². The highest BCUT2D eigenvalue weighted by Gasteiger charge is 2.26. The molecule has 0 unspecified atom stereocenters. The van der Waals surface area contributed by atoms with Crippen LogP contribution in [0, 0.1) is 10.1 Å². The predicted octanol–water partition coefficient (Wildman–Crippen LogP) is 3.90. The Morgan fingerprint density at radius 3 is 2.25 bits per heavy atom. The van der Waals surface area contributed by atoms with Gasteiger partial charge in [-0.1, -0.05) is 36.4 Å². The minimum Gasteiger partial charge on any atom is -0.334 e. The molecule has 0 spiro atoms. The monoisotopic (exact) mass is 321 g/mol. The number of nitro groups is 1. The Bertz CT molecular complexity index is 840. The Kier molecular flexibility index (Phi) is 4.33. The molecule has 0 saturated carbocycles. The van der Waals surface area contributed by atoms with Crippen molar-refractivity contribution in [3.63, 3.8) is 0 Å². The molecule has 0 bridgehead atoms. The lowest BCUT2D eigenvalue weighted by Crippen LogP contribution is -2.15. The number of hydrogen-bond acceptors (Lipinski definition) is 6. The van der Waals surface area contributed by atoms with E-state index >= 15 is 0 Å². The number of nitrogens with zero attached hydrogens (tertiary/aromatic N) is 4. The molecule has 7 nitrogen and oxygen atoms in total. The van der Waals surface area contributed by atoms with Gasteiger partial charge in [-0.2, -0.15) is 0 Å². The lowest BCUT2D eigenvalue weighted by atomic mass is 10.3. The van der Waals surface area contributed by atoms with Gasteiger partial charge in [0.05, 0.1) is 4.92 Å². The lowest BCUT2D eigenvalue weighted by Gasteiger charge is -2.18. The maximum absolute atomic E-state index is 11.6. The lowest BCUT2D eigenvalue weighted by molar-refractivity contribution is -0.383. The summed E-state index contributed by atoms with van der Waals surface area (Å²) in [6, 6.07) is 18.5. The third-order valence-corrected chi connectivity index (χ3v) is 3.48. The molecule has 0 radical (unpaired) electrons. The van der Waals surface area contributed by atoms with Gasteiger partial charge in [-0.05, 0) is 24.3 Å². The van der Waals surface area contributed by atoms with E-state index in [2.05, 4.69) is 15.3 Å². The van der Waals surface area contributed by atoms with Crippen molar-refractivity contribution < 1.29 is 4.92 Å². The number of para-hydroxylation sites is 2. The summed E-state index contributed by atoms with van der Waals surface area (Å²) in [5.74, 6) is 0.374. The van der Waals surface area contributed by atoms with E-state index in [1.165, 1.54) is 6.33 Å². The van der Waals surface area contributed by atoms with Gasteiger partial charge in [-0.25, -0.2) is 9.97 Å². The molecule has 0 fully saturated rings. The normalized spacial score (nSPS) is 10.2. The first kappa shape index (κ1) is 15.4. The molecule has 3 aromatic rings. The van der Waals surface area contributed by atoms with Crippen molar-refractivity contribution in [1.82, 2.24) is 9.97 Å². The van der Waals surface area contributed by atoms with Crippen LogP contribution in [0.25, 0.3) is 0 Å². The standard InChI is InChI=1S/C17H15N5O2/c1-21(14-10-6-3-7-11-14)17-15(22(23)24)16(18-12-19-17)20-13-8-4-2-5-9-13/h2-12H,1H3,(H,18,19,20). The summed E-state index contributed by atoms with van der Waals surface area (Å²) in [6.07, 6.45) is 1.31. The highest BCUT2D eigenvalue weighted by Crippen LogP contribution is 2.35. The van der Waals surface area contributed by atoms with Gasteiger partial charge in [-0.3, -0.25) is 10.1 Å². The Balaban J connectivity index is 2.04. The van der Waals surface area contributed by atoms with Crippen LogP contribution < -0.4 is 10.2 Å². The maximum atomic E-state index is 11.6. The average Bonchev–Trinajstić information content (AvgIpc) is 2.62. The van der Waals surface area contributed by atoms with Crippen molar-refractivity contribution in [2.75, 3.05) is 17.3 Å². The summed E-state index contributed by atoms with van der Waals surface area (Å²) in [6.45, 7) is 0. The minimum absolute atomic E-state index is 0.152. The fraction of sp³-hybridized carbons (Fsp3) is 0.0588. The van der Waals surface area contributed by atoms with Crippen molar-refractivity contribution in [2.45, 2.75) is 0 Å². The Morgan fingerprint density at radius 2 is 1.62 bits per heavy atom. The number of aromatic nitrogens is 2. The molecule has 120 valence electrons. The van der Waals surface area contributed by atoms with Crippen LogP contribution in [0.2, 0.25) is 0 Å². The van der Waals surface area contributed by atoms with Crippen LogP contribution in [0.5, 0.6) is 0 Å². The SMILES string of the molecule is CN(c1ccccc1)c1ncnc(Nc2ccccc2)c1[N+](=O)[O-]. The van der Waals surface area contributed by atoms with Crippen LogP contribution in [0.1, 0.15) is 0 Å². The molecule has 1 heterocycles. The summed E-state index contributed by atoms with van der Waals surface area (Å²) >= 11 is 0. The third-order valence-electron chi connectivity index (χ3n) is 3.48. The van der Waals surface area contributed by atoms with E-state index in [9.17, 15) is 10.1 Å². The number of anilines is 4. The van der Waals surface area contributed by atoms with Crippen LogP contribution in [0.15, 0.2) is 67.0 Å². The molecule has 7 heteroatoms. The maximum Gasteiger partial charge on any atom is 0.354 e. The van der Waals surface area contributed by atoms with Gasteiger partial charge in [0.25, 0.3) is 0 Å². The number of nitrogens with one attached hydrogen (secondary N) is 1. The van der Waals surface area contributed by atoms with Gasteiger partial charge >= 0.3 is 5.69 Å². The summed E-state index contributed by atoms with van der Waals surface area (Å²) in [7, 11) is 1.73. The molecule has 1 aromatic heterocycles. The van der Waals surface area contributed by atoms with Crippen molar-refractivity contribution in [3.05, 3.63) is 77.1 Å². The molecule has 0 aliphatic heterocycles. The van der Waals surface area contributed by atoms with Crippen LogP contribution in [-0.2, 0) is 0 Å².